The van der Waals surface area contributed by atoms with Gasteiger partial charge < -0.3 is 10.1 Å². The van der Waals surface area contributed by atoms with Gasteiger partial charge in [-0.15, -0.1) is 0 Å². The molecule has 0 unspecified atom stereocenters. The lowest BCUT2D eigenvalue weighted by atomic mass is 9.98. The van der Waals surface area contributed by atoms with Crippen molar-refractivity contribution in [2.45, 2.75) is 39.3 Å². The van der Waals surface area contributed by atoms with Crippen molar-refractivity contribution >= 4 is 23.5 Å². The van der Waals surface area contributed by atoms with E-state index in [4.69, 9.17) is 4.74 Å². The summed E-state index contributed by atoms with van der Waals surface area (Å²) < 4.78 is 7.08. The first kappa shape index (κ1) is 22.0. The van der Waals surface area contributed by atoms with Crippen molar-refractivity contribution in [3.63, 3.8) is 0 Å². The van der Waals surface area contributed by atoms with E-state index in [-0.39, 0.29) is 23.0 Å². The molecule has 1 heterocycles. The summed E-state index contributed by atoms with van der Waals surface area (Å²) in [6.45, 7) is 5.50. The van der Waals surface area contributed by atoms with Crippen LogP contribution in [0.5, 0.6) is 0 Å². The van der Waals surface area contributed by atoms with E-state index >= 15 is 0 Å². The third-order valence-electron chi connectivity index (χ3n) is 5.01. The fraction of sp³-hybridized carbons (Fsp3) is 0.250. The highest BCUT2D eigenvalue weighted by Crippen LogP contribution is 2.19. The molecule has 3 aromatic rings. The lowest BCUT2D eigenvalue weighted by Crippen LogP contribution is -2.31. The number of carbonyl (C=O) groups is 3. The number of amides is 1. The lowest BCUT2D eigenvalue weighted by Gasteiger charge is -2.17. The molecule has 0 aliphatic heterocycles. The van der Waals surface area contributed by atoms with Crippen LogP contribution in [-0.2, 0) is 9.53 Å². The van der Waals surface area contributed by atoms with Gasteiger partial charge in [0.05, 0.1) is 17.8 Å². The van der Waals surface area contributed by atoms with Gasteiger partial charge in [-0.3, -0.25) is 9.59 Å². The summed E-state index contributed by atoms with van der Waals surface area (Å²) in [7, 11) is 0. The zero-order chi connectivity index (χ0) is 22.4. The van der Waals surface area contributed by atoms with Crippen LogP contribution in [0.15, 0.2) is 66.9 Å². The average molecular weight is 419 g/mol. The first-order valence-corrected chi connectivity index (χ1v) is 10.2. The molecular formula is C24H25N3O4. The number of benzene rings is 2. The Morgan fingerprint density at radius 2 is 1.61 bits per heavy atom. The van der Waals surface area contributed by atoms with Crippen LogP contribution in [-0.4, -0.2) is 33.5 Å². The standard InChI is InChI=1S/C24H25N3O4/c1-4-16(2)27-21(14-15-25-27)26-23(29)17(3)31-24(30)20-13-9-8-12-19(20)22(28)18-10-6-5-7-11-18/h5-17H,4H2,1-3H3,(H,26,29)/t16-,17-/m1/s1. The number of aromatic nitrogens is 2. The second kappa shape index (κ2) is 9.84. The van der Waals surface area contributed by atoms with Gasteiger partial charge in [0.1, 0.15) is 5.82 Å². The normalized spacial score (nSPS) is 12.6. The van der Waals surface area contributed by atoms with Gasteiger partial charge >= 0.3 is 5.97 Å². The van der Waals surface area contributed by atoms with Crippen LogP contribution in [0.3, 0.4) is 0 Å². The van der Waals surface area contributed by atoms with Gasteiger partial charge in [-0.05, 0) is 26.3 Å². The monoisotopic (exact) mass is 419 g/mol. The minimum Gasteiger partial charge on any atom is -0.449 e. The molecule has 0 bridgehead atoms. The zero-order valence-corrected chi connectivity index (χ0v) is 17.7. The summed E-state index contributed by atoms with van der Waals surface area (Å²) >= 11 is 0. The third kappa shape index (κ3) is 5.06. The van der Waals surface area contributed by atoms with Crippen molar-refractivity contribution < 1.29 is 19.1 Å². The van der Waals surface area contributed by atoms with Gasteiger partial charge in [0.2, 0.25) is 0 Å². The SMILES string of the molecule is CC[C@@H](C)n1nccc1NC(=O)[C@@H](C)OC(=O)c1ccccc1C(=O)c1ccccc1. The first-order valence-electron chi connectivity index (χ1n) is 10.2. The van der Waals surface area contributed by atoms with E-state index in [0.29, 0.717) is 11.4 Å². The number of esters is 1. The van der Waals surface area contributed by atoms with Gasteiger partial charge in [0.25, 0.3) is 5.91 Å². The Kier molecular flexibility index (Phi) is 6.97. The maximum Gasteiger partial charge on any atom is 0.339 e. The highest BCUT2D eigenvalue weighted by molar-refractivity contribution is 6.14. The van der Waals surface area contributed by atoms with Gasteiger partial charge in [0, 0.05) is 17.2 Å². The van der Waals surface area contributed by atoms with E-state index < -0.39 is 18.0 Å². The highest BCUT2D eigenvalue weighted by atomic mass is 16.5. The summed E-state index contributed by atoms with van der Waals surface area (Å²) in [6.07, 6.45) is 1.39. The van der Waals surface area contributed by atoms with Crippen molar-refractivity contribution in [3.8, 4) is 0 Å². The Hall–Kier alpha value is -3.74. The molecule has 3 rings (SSSR count). The summed E-state index contributed by atoms with van der Waals surface area (Å²) in [4.78, 5) is 38.2. The minimum absolute atomic E-state index is 0.110. The lowest BCUT2D eigenvalue weighted by molar-refractivity contribution is -0.123. The topological polar surface area (TPSA) is 90.3 Å². The van der Waals surface area contributed by atoms with Crippen LogP contribution in [0.4, 0.5) is 5.82 Å². The first-order chi connectivity index (χ1) is 14.9. The van der Waals surface area contributed by atoms with E-state index in [1.54, 1.807) is 59.4 Å². The van der Waals surface area contributed by atoms with Gasteiger partial charge in [-0.2, -0.15) is 5.10 Å². The maximum absolute atomic E-state index is 12.8. The molecule has 0 fully saturated rings. The number of nitrogens with zero attached hydrogens (tertiary/aromatic N) is 2. The largest absolute Gasteiger partial charge is 0.449 e. The molecule has 1 amide bonds. The number of hydrogen-bond donors (Lipinski definition) is 1. The van der Waals surface area contributed by atoms with Crippen LogP contribution in [0.1, 0.15) is 59.5 Å². The van der Waals surface area contributed by atoms with Crippen molar-refractivity contribution in [2.75, 3.05) is 5.32 Å². The number of ether oxygens (including phenoxy) is 1. The fourth-order valence-electron chi connectivity index (χ4n) is 3.05. The van der Waals surface area contributed by atoms with E-state index in [1.807, 2.05) is 19.9 Å². The van der Waals surface area contributed by atoms with Crippen LogP contribution < -0.4 is 5.32 Å². The molecule has 0 aliphatic rings. The predicted octanol–water partition coefficient (Wildman–Crippen LogP) is 4.27. The molecule has 0 saturated heterocycles. The Bertz CT molecular complexity index is 1080. The molecule has 160 valence electrons. The Morgan fingerprint density at radius 1 is 0.968 bits per heavy atom. The van der Waals surface area contributed by atoms with Crippen molar-refractivity contribution in [3.05, 3.63) is 83.6 Å². The van der Waals surface area contributed by atoms with Crippen LogP contribution in [0, 0.1) is 0 Å². The molecule has 0 aliphatic carbocycles. The molecule has 7 heteroatoms. The summed E-state index contributed by atoms with van der Waals surface area (Å²) in [5, 5.41) is 6.97. The van der Waals surface area contributed by atoms with E-state index in [0.717, 1.165) is 6.42 Å². The van der Waals surface area contributed by atoms with Crippen LogP contribution in [0.2, 0.25) is 0 Å². The van der Waals surface area contributed by atoms with E-state index in [9.17, 15) is 14.4 Å². The van der Waals surface area contributed by atoms with E-state index in [1.165, 1.54) is 13.0 Å². The molecule has 2 aromatic carbocycles. The molecule has 0 radical (unpaired) electrons. The van der Waals surface area contributed by atoms with E-state index in [2.05, 4.69) is 10.4 Å². The molecular weight excluding hydrogens is 394 g/mol. The Balaban J connectivity index is 1.73. The van der Waals surface area contributed by atoms with Crippen LogP contribution >= 0.6 is 0 Å². The number of anilines is 1. The smallest absolute Gasteiger partial charge is 0.339 e. The van der Waals surface area contributed by atoms with Crippen molar-refractivity contribution in [1.29, 1.82) is 0 Å². The molecule has 2 atom stereocenters. The van der Waals surface area contributed by atoms with Gasteiger partial charge in [0.15, 0.2) is 11.9 Å². The third-order valence-corrected chi connectivity index (χ3v) is 5.01. The highest BCUT2D eigenvalue weighted by Gasteiger charge is 2.24. The maximum atomic E-state index is 12.8. The molecule has 0 spiro atoms. The molecule has 31 heavy (non-hydrogen) atoms. The van der Waals surface area contributed by atoms with Crippen molar-refractivity contribution in [1.82, 2.24) is 9.78 Å². The molecule has 0 saturated carbocycles. The number of rotatable bonds is 8. The van der Waals surface area contributed by atoms with Gasteiger partial charge in [-0.25, -0.2) is 9.48 Å². The average Bonchev–Trinajstić information content (AvgIpc) is 3.26. The summed E-state index contributed by atoms with van der Waals surface area (Å²) in [5.74, 6) is -0.979. The number of hydrogen-bond acceptors (Lipinski definition) is 5. The minimum atomic E-state index is -1.06. The zero-order valence-electron chi connectivity index (χ0n) is 17.7. The molecule has 1 aromatic heterocycles. The second-order valence-electron chi connectivity index (χ2n) is 7.20. The van der Waals surface area contributed by atoms with Crippen molar-refractivity contribution in [2.24, 2.45) is 0 Å². The molecule has 7 nitrogen and oxygen atoms in total. The Labute approximate surface area is 181 Å². The number of carbonyl (C=O) groups excluding carboxylic acids is 3. The second-order valence-corrected chi connectivity index (χ2v) is 7.20. The predicted molar refractivity (Wildman–Crippen MR) is 117 cm³/mol. The summed E-state index contributed by atoms with van der Waals surface area (Å²) in [5.41, 5.74) is 0.800. The quantitative estimate of drug-likeness (QED) is 0.435. The molecule has 1 N–H and O–H groups in total. The summed E-state index contributed by atoms with van der Waals surface area (Å²) in [6, 6.07) is 16.9. The van der Waals surface area contributed by atoms with Crippen LogP contribution in [0.25, 0.3) is 0 Å². The van der Waals surface area contributed by atoms with Gasteiger partial charge in [-0.1, -0.05) is 55.5 Å². The fourth-order valence-corrected chi connectivity index (χ4v) is 3.05. The number of ketones is 1. The number of nitrogens with one attached hydrogen (secondary N) is 1. The Morgan fingerprint density at radius 3 is 2.29 bits per heavy atom.